The number of nitrogens with one attached hydrogen (secondary N) is 1. The quantitative estimate of drug-likeness (QED) is 0.914. The first-order chi connectivity index (χ1) is 9.38. The summed E-state index contributed by atoms with van der Waals surface area (Å²) in [6.45, 7) is 0.361. The molecule has 1 amide bonds. The van der Waals surface area contributed by atoms with Crippen LogP contribution in [0.3, 0.4) is 0 Å². The molecule has 0 aliphatic rings. The van der Waals surface area contributed by atoms with Gasteiger partial charge in [-0.15, -0.1) is 0 Å². The molecule has 1 heterocycles. The molecule has 0 radical (unpaired) electrons. The van der Waals surface area contributed by atoms with Crippen molar-refractivity contribution in [2.45, 2.75) is 11.4 Å². The van der Waals surface area contributed by atoms with Gasteiger partial charge in [0.1, 0.15) is 5.82 Å². The van der Waals surface area contributed by atoms with Crippen LogP contribution in [0.4, 0.5) is 0 Å². The molecule has 106 valence electrons. The van der Waals surface area contributed by atoms with Gasteiger partial charge in [-0.25, -0.2) is 13.4 Å². The fourth-order valence-electron chi connectivity index (χ4n) is 1.75. The third-order valence-electron chi connectivity index (χ3n) is 2.82. The number of carbonyl (C=O) groups excluding carboxylic acids is 1. The van der Waals surface area contributed by atoms with E-state index < -0.39 is 9.84 Å². The number of hydrogen-bond donors (Lipinski definition) is 1. The number of rotatable bonds is 4. The molecule has 0 bridgehead atoms. The molecule has 0 atom stereocenters. The third-order valence-corrected chi connectivity index (χ3v) is 3.95. The Morgan fingerprint density at radius 3 is 2.45 bits per heavy atom. The maximum atomic E-state index is 12.2. The van der Waals surface area contributed by atoms with Gasteiger partial charge in [0.05, 0.1) is 11.4 Å². The molecule has 0 aliphatic carbocycles. The van der Waals surface area contributed by atoms with E-state index in [0.29, 0.717) is 17.9 Å². The summed E-state index contributed by atoms with van der Waals surface area (Å²) >= 11 is 0. The number of aromatic nitrogens is 2. The minimum atomic E-state index is -3.25. The fraction of sp³-hybridized carbons (Fsp3) is 0.231. The van der Waals surface area contributed by atoms with Crippen LogP contribution < -0.4 is 0 Å². The summed E-state index contributed by atoms with van der Waals surface area (Å²) in [6, 6.07) is 5.89. The smallest absolute Gasteiger partial charge is 0.254 e. The molecule has 0 unspecified atom stereocenters. The number of carbonyl (C=O) groups is 1. The van der Waals surface area contributed by atoms with Crippen molar-refractivity contribution in [3.63, 3.8) is 0 Å². The lowest BCUT2D eigenvalue weighted by Crippen LogP contribution is -2.26. The lowest BCUT2D eigenvalue weighted by Gasteiger charge is -2.15. The van der Waals surface area contributed by atoms with E-state index in [1.165, 1.54) is 29.2 Å². The molecule has 0 saturated heterocycles. The number of aromatic amines is 1. The maximum absolute atomic E-state index is 12.2. The lowest BCUT2D eigenvalue weighted by molar-refractivity contribution is 0.0782. The van der Waals surface area contributed by atoms with Crippen molar-refractivity contribution in [3.8, 4) is 0 Å². The molecule has 1 N–H and O–H groups in total. The zero-order valence-corrected chi connectivity index (χ0v) is 12.0. The maximum Gasteiger partial charge on any atom is 0.254 e. The molecule has 0 fully saturated rings. The summed E-state index contributed by atoms with van der Waals surface area (Å²) in [6.07, 6.45) is 4.44. The fourth-order valence-corrected chi connectivity index (χ4v) is 2.38. The summed E-state index contributed by atoms with van der Waals surface area (Å²) < 4.78 is 22.7. The predicted octanol–water partition coefficient (Wildman–Crippen LogP) is 1.09. The molecule has 0 spiro atoms. The van der Waals surface area contributed by atoms with Gasteiger partial charge in [0, 0.05) is 31.3 Å². The first-order valence-electron chi connectivity index (χ1n) is 5.92. The second-order valence-corrected chi connectivity index (χ2v) is 6.51. The molecule has 1 aromatic heterocycles. The number of hydrogen-bond acceptors (Lipinski definition) is 4. The standard InChI is InChI=1S/C13H15N3O3S/c1-16(9-12-14-7-8-15-12)13(17)10-3-5-11(6-4-10)20(2,18)19/h3-8H,9H2,1-2H3,(H,14,15). The monoisotopic (exact) mass is 293 g/mol. The predicted molar refractivity (Wildman–Crippen MR) is 73.9 cm³/mol. The van der Waals surface area contributed by atoms with E-state index in [-0.39, 0.29) is 10.8 Å². The van der Waals surface area contributed by atoms with Crippen molar-refractivity contribution >= 4 is 15.7 Å². The molecular weight excluding hydrogens is 278 g/mol. The van der Waals surface area contributed by atoms with E-state index in [1.54, 1.807) is 19.4 Å². The van der Waals surface area contributed by atoms with Crippen LogP contribution in [-0.4, -0.2) is 42.5 Å². The second kappa shape index (κ2) is 5.46. The van der Waals surface area contributed by atoms with Crippen molar-refractivity contribution in [2.75, 3.05) is 13.3 Å². The topological polar surface area (TPSA) is 83.1 Å². The summed E-state index contributed by atoms with van der Waals surface area (Å²) in [7, 11) is -1.58. The highest BCUT2D eigenvalue weighted by molar-refractivity contribution is 7.90. The molecule has 7 heteroatoms. The Morgan fingerprint density at radius 1 is 1.30 bits per heavy atom. The van der Waals surface area contributed by atoms with Gasteiger partial charge in [-0.1, -0.05) is 0 Å². The SMILES string of the molecule is CN(Cc1ncc[nH]1)C(=O)c1ccc(S(C)(=O)=O)cc1. The van der Waals surface area contributed by atoms with Crippen molar-refractivity contribution in [1.82, 2.24) is 14.9 Å². The number of imidazole rings is 1. The number of nitrogens with zero attached hydrogens (tertiary/aromatic N) is 2. The lowest BCUT2D eigenvalue weighted by atomic mass is 10.2. The van der Waals surface area contributed by atoms with Gasteiger partial charge in [-0.3, -0.25) is 4.79 Å². The van der Waals surface area contributed by atoms with Crippen molar-refractivity contribution < 1.29 is 13.2 Å². The van der Waals surface area contributed by atoms with E-state index >= 15 is 0 Å². The first kappa shape index (κ1) is 14.3. The van der Waals surface area contributed by atoms with Crippen LogP contribution in [0, 0.1) is 0 Å². The zero-order chi connectivity index (χ0) is 14.8. The average molecular weight is 293 g/mol. The van der Waals surface area contributed by atoms with E-state index in [1.807, 2.05) is 0 Å². The number of sulfone groups is 1. The van der Waals surface area contributed by atoms with Crippen molar-refractivity contribution in [3.05, 3.63) is 48.0 Å². The van der Waals surface area contributed by atoms with Gasteiger partial charge in [0.15, 0.2) is 9.84 Å². The molecule has 2 aromatic rings. The highest BCUT2D eigenvalue weighted by Crippen LogP contribution is 2.12. The summed E-state index contributed by atoms with van der Waals surface area (Å²) in [5.74, 6) is 0.495. The third kappa shape index (κ3) is 3.24. The molecule has 0 aliphatic heterocycles. The summed E-state index contributed by atoms with van der Waals surface area (Å²) in [4.78, 5) is 20.8. The second-order valence-electron chi connectivity index (χ2n) is 4.49. The molecule has 2 rings (SSSR count). The van der Waals surface area contributed by atoms with Crippen LogP contribution in [0.25, 0.3) is 0 Å². The van der Waals surface area contributed by atoms with E-state index in [0.717, 1.165) is 6.26 Å². The largest absolute Gasteiger partial charge is 0.347 e. The van der Waals surface area contributed by atoms with Gasteiger partial charge in [0.25, 0.3) is 5.91 Å². The molecule has 20 heavy (non-hydrogen) atoms. The Morgan fingerprint density at radius 2 is 1.95 bits per heavy atom. The van der Waals surface area contributed by atoms with Crippen molar-refractivity contribution in [1.29, 1.82) is 0 Å². The first-order valence-corrected chi connectivity index (χ1v) is 7.81. The molecule has 6 nitrogen and oxygen atoms in total. The van der Waals surface area contributed by atoms with E-state index in [9.17, 15) is 13.2 Å². The van der Waals surface area contributed by atoms with E-state index in [4.69, 9.17) is 0 Å². The van der Waals surface area contributed by atoms with Gasteiger partial charge < -0.3 is 9.88 Å². The normalized spacial score (nSPS) is 11.3. The number of H-pyrrole nitrogens is 1. The van der Waals surface area contributed by atoms with Gasteiger partial charge >= 0.3 is 0 Å². The summed E-state index contributed by atoms with van der Waals surface area (Å²) in [5.41, 5.74) is 0.437. The Hall–Kier alpha value is -2.15. The van der Waals surface area contributed by atoms with Crippen LogP contribution in [0.15, 0.2) is 41.6 Å². The summed E-state index contributed by atoms with van der Waals surface area (Å²) in [5, 5.41) is 0. The number of amides is 1. The minimum Gasteiger partial charge on any atom is -0.347 e. The Balaban J connectivity index is 2.13. The Kier molecular flexibility index (Phi) is 3.89. The van der Waals surface area contributed by atoms with E-state index in [2.05, 4.69) is 9.97 Å². The Bertz CT molecular complexity index is 691. The van der Waals surface area contributed by atoms with Crippen molar-refractivity contribution in [2.24, 2.45) is 0 Å². The average Bonchev–Trinajstić information content (AvgIpc) is 2.90. The van der Waals surface area contributed by atoms with Crippen LogP contribution in [-0.2, 0) is 16.4 Å². The van der Waals surface area contributed by atoms with Crippen LogP contribution in [0.2, 0.25) is 0 Å². The molecule has 0 saturated carbocycles. The van der Waals surface area contributed by atoms with Crippen LogP contribution >= 0.6 is 0 Å². The zero-order valence-electron chi connectivity index (χ0n) is 11.2. The Labute approximate surface area is 117 Å². The highest BCUT2D eigenvalue weighted by Gasteiger charge is 2.14. The molecule has 1 aromatic carbocycles. The van der Waals surface area contributed by atoms with Gasteiger partial charge in [0.2, 0.25) is 0 Å². The highest BCUT2D eigenvalue weighted by atomic mass is 32.2. The van der Waals surface area contributed by atoms with Gasteiger partial charge in [-0.05, 0) is 24.3 Å². The minimum absolute atomic E-state index is 0.193. The van der Waals surface area contributed by atoms with Gasteiger partial charge in [-0.2, -0.15) is 0 Å². The molecular formula is C13H15N3O3S. The van der Waals surface area contributed by atoms with Crippen LogP contribution in [0.1, 0.15) is 16.2 Å². The number of benzene rings is 1. The van der Waals surface area contributed by atoms with Crippen LogP contribution in [0.5, 0.6) is 0 Å².